The van der Waals surface area contributed by atoms with Gasteiger partial charge >= 0.3 is 5.97 Å². The van der Waals surface area contributed by atoms with Gasteiger partial charge in [-0.1, -0.05) is 34.1 Å². The lowest BCUT2D eigenvalue weighted by Gasteiger charge is -2.21. The third kappa shape index (κ3) is 6.08. The second kappa shape index (κ2) is 8.03. The molecule has 0 fully saturated rings. The Hall–Kier alpha value is -0.180. The zero-order chi connectivity index (χ0) is 11.8. The quantitative estimate of drug-likeness (QED) is 0.628. The third-order valence-corrected chi connectivity index (χ3v) is 4.15. The highest BCUT2D eigenvalue weighted by atomic mass is 32.2. The van der Waals surface area contributed by atoms with E-state index in [2.05, 4.69) is 27.7 Å². The van der Waals surface area contributed by atoms with Gasteiger partial charge in [0, 0.05) is 5.25 Å². The first-order chi connectivity index (χ1) is 7.02. The summed E-state index contributed by atoms with van der Waals surface area (Å²) in [5.74, 6) is 0.556. The Morgan fingerprint density at radius 1 is 1.27 bits per heavy atom. The van der Waals surface area contributed by atoms with Gasteiger partial charge in [0.1, 0.15) is 5.25 Å². The predicted molar refractivity (Wildman–Crippen MR) is 67.2 cm³/mol. The van der Waals surface area contributed by atoms with Gasteiger partial charge < -0.3 is 4.74 Å². The van der Waals surface area contributed by atoms with Crippen LogP contribution in [0.3, 0.4) is 0 Å². The molecule has 15 heavy (non-hydrogen) atoms. The number of hydrogen-bond donors (Lipinski definition) is 0. The Kier molecular flexibility index (Phi) is 7.93. The fourth-order valence-corrected chi connectivity index (χ4v) is 2.54. The van der Waals surface area contributed by atoms with Crippen LogP contribution in [0.25, 0.3) is 0 Å². The number of carbonyl (C=O) groups excluding carboxylic acids is 1. The van der Waals surface area contributed by atoms with Crippen LogP contribution in [0, 0.1) is 5.92 Å². The molecule has 0 bridgehead atoms. The van der Waals surface area contributed by atoms with Crippen LogP contribution in [-0.4, -0.2) is 23.1 Å². The van der Waals surface area contributed by atoms with Crippen LogP contribution < -0.4 is 0 Å². The second-order valence-corrected chi connectivity index (χ2v) is 5.70. The maximum absolute atomic E-state index is 11.6. The first-order valence-electron chi connectivity index (χ1n) is 5.84. The molecule has 0 spiro atoms. The Morgan fingerprint density at radius 3 is 2.27 bits per heavy atom. The van der Waals surface area contributed by atoms with Crippen molar-refractivity contribution in [3.8, 4) is 0 Å². The van der Waals surface area contributed by atoms with Crippen LogP contribution >= 0.6 is 11.8 Å². The molecule has 0 aromatic rings. The minimum absolute atomic E-state index is 0.0207. The molecule has 0 aromatic carbocycles. The van der Waals surface area contributed by atoms with Crippen molar-refractivity contribution < 1.29 is 9.53 Å². The van der Waals surface area contributed by atoms with E-state index in [-0.39, 0.29) is 11.2 Å². The predicted octanol–water partition coefficient (Wildman–Crippen LogP) is 3.50. The fourth-order valence-electron chi connectivity index (χ4n) is 1.16. The standard InChI is InChI=1S/C12H24O2S/c1-6-8-11(12(13)14-7-2)15-10(5)9(3)4/h9-11H,6-8H2,1-5H3. The summed E-state index contributed by atoms with van der Waals surface area (Å²) >= 11 is 1.75. The Balaban J connectivity index is 4.19. The van der Waals surface area contributed by atoms with E-state index >= 15 is 0 Å². The van der Waals surface area contributed by atoms with E-state index in [1.807, 2.05) is 6.92 Å². The summed E-state index contributed by atoms with van der Waals surface area (Å²) in [4.78, 5) is 11.6. The topological polar surface area (TPSA) is 26.3 Å². The molecular weight excluding hydrogens is 208 g/mol. The minimum atomic E-state index is -0.0446. The normalized spacial score (nSPS) is 15.1. The van der Waals surface area contributed by atoms with Crippen molar-refractivity contribution >= 4 is 17.7 Å². The van der Waals surface area contributed by atoms with Crippen LogP contribution in [-0.2, 0) is 9.53 Å². The molecule has 90 valence electrons. The van der Waals surface area contributed by atoms with Crippen LogP contribution in [0.5, 0.6) is 0 Å². The number of thioether (sulfide) groups is 1. The van der Waals surface area contributed by atoms with Crippen molar-refractivity contribution in [2.24, 2.45) is 5.92 Å². The van der Waals surface area contributed by atoms with E-state index in [1.54, 1.807) is 11.8 Å². The molecule has 0 aliphatic rings. The van der Waals surface area contributed by atoms with Crippen molar-refractivity contribution in [1.82, 2.24) is 0 Å². The van der Waals surface area contributed by atoms with Gasteiger partial charge in [0.15, 0.2) is 0 Å². The molecule has 3 heteroatoms. The van der Waals surface area contributed by atoms with Crippen LogP contribution in [0.1, 0.15) is 47.5 Å². The van der Waals surface area contributed by atoms with Gasteiger partial charge in [-0.2, -0.15) is 0 Å². The fraction of sp³-hybridized carbons (Fsp3) is 0.917. The van der Waals surface area contributed by atoms with Crippen molar-refractivity contribution in [3.63, 3.8) is 0 Å². The monoisotopic (exact) mass is 232 g/mol. The van der Waals surface area contributed by atoms with E-state index in [0.717, 1.165) is 12.8 Å². The highest BCUT2D eigenvalue weighted by Gasteiger charge is 2.23. The first-order valence-corrected chi connectivity index (χ1v) is 6.79. The molecule has 0 aromatic heterocycles. The zero-order valence-corrected chi connectivity index (χ0v) is 11.4. The highest BCUT2D eigenvalue weighted by molar-refractivity contribution is 8.01. The van der Waals surface area contributed by atoms with E-state index in [4.69, 9.17) is 4.74 Å². The number of esters is 1. The highest BCUT2D eigenvalue weighted by Crippen LogP contribution is 2.27. The molecule has 0 amide bonds. The van der Waals surface area contributed by atoms with Crippen LogP contribution in [0.15, 0.2) is 0 Å². The number of carbonyl (C=O) groups is 1. The maximum Gasteiger partial charge on any atom is 0.319 e. The molecule has 2 atom stereocenters. The maximum atomic E-state index is 11.6. The Bertz CT molecular complexity index is 180. The largest absolute Gasteiger partial charge is 0.465 e. The van der Waals surface area contributed by atoms with Gasteiger partial charge in [-0.15, -0.1) is 11.8 Å². The SMILES string of the molecule is CCCC(SC(C)C(C)C)C(=O)OCC. The number of rotatable bonds is 7. The van der Waals surface area contributed by atoms with Crippen molar-refractivity contribution in [2.75, 3.05) is 6.61 Å². The molecule has 0 aliphatic heterocycles. The molecule has 0 radical (unpaired) electrons. The molecule has 2 nitrogen and oxygen atoms in total. The van der Waals surface area contributed by atoms with E-state index < -0.39 is 0 Å². The van der Waals surface area contributed by atoms with Gasteiger partial charge in [-0.05, 0) is 19.3 Å². The third-order valence-electron chi connectivity index (χ3n) is 2.42. The molecule has 0 N–H and O–H groups in total. The average Bonchev–Trinajstić information content (AvgIpc) is 2.17. The summed E-state index contributed by atoms with van der Waals surface area (Å²) in [6.07, 6.45) is 1.95. The molecule has 0 rings (SSSR count). The molecule has 2 unspecified atom stereocenters. The first kappa shape index (κ1) is 14.8. The molecular formula is C12H24O2S. The second-order valence-electron chi connectivity index (χ2n) is 4.11. The lowest BCUT2D eigenvalue weighted by Crippen LogP contribution is -2.24. The molecule has 0 saturated heterocycles. The molecule has 0 saturated carbocycles. The van der Waals surface area contributed by atoms with Gasteiger partial charge in [-0.25, -0.2) is 0 Å². The number of ether oxygens (including phenoxy) is 1. The average molecular weight is 232 g/mol. The summed E-state index contributed by atoms with van der Waals surface area (Å²) in [5.41, 5.74) is 0. The summed E-state index contributed by atoms with van der Waals surface area (Å²) in [7, 11) is 0. The molecule has 0 aliphatic carbocycles. The summed E-state index contributed by atoms with van der Waals surface area (Å²) in [6, 6.07) is 0. The Morgan fingerprint density at radius 2 is 1.87 bits per heavy atom. The zero-order valence-electron chi connectivity index (χ0n) is 10.6. The van der Waals surface area contributed by atoms with E-state index in [0.29, 0.717) is 17.8 Å². The molecule has 0 heterocycles. The van der Waals surface area contributed by atoms with Crippen molar-refractivity contribution in [1.29, 1.82) is 0 Å². The smallest absolute Gasteiger partial charge is 0.319 e. The van der Waals surface area contributed by atoms with Crippen LogP contribution in [0.2, 0.25) is 0 Å². The van der Waals surface area contributed by atoms with Gasteiger partial charge in [-0.3, -0.25) is 4.79 Å². The summed E-state index contributed by atoms with van der Waals surface area (Å²) < 4.78 is 5.08. The minimum Gasteiger partial charge on any atom is -0.465 e. The van der Waals surface area contributed by atoms with Gasteiger partial charge in [0.2, 0.25) is 0 Å². The number of hydrogen-bond acceptors (Lipinski definition) is 3. The van der Waals surface area contributed by atoms with Crippen molar-refractivity contribution in [3.05, 3.63) is 0 Å². The van der Waals surface area contributed by atoms with E-state index in [1.165, 1.54) is 0 Å². The van der Waals surface area contributed by atoms with Gasteiger partial charge in [0.05, 0.1) is 6.61 Å². The lowest BCUT2D eigenvalue weighted by molar-refractivity contribution is -0.142. The van der Waals surface area contributed by atoms with Gasteiger partial charge in [0.25, 0.3) is 0 Å². The lowest BCUT2D eigenvalue weighted by atomic mass is 10.2. The summed E-state index contributed by atoms with van der Waals surface area (Å²) in [6.45, 7) is 11.0. The summed E-state index contributed by atoms with van der Waals surface area (Å²) in [5, 5.41) is 0.526. The Labute approximate surface area is 98.2 Å². The van der Waals surface area contributed by atoms with E-state index in [9.17, 15) is 4.79 Å². The van der Waals surface area contributed by atoms with Crippen molar-refractivity contribution in [2.45, 2.75) is 58.0 Å². The van der Waals surface area contributed by atoms with Crippen LogP contribution in [0.4, 0.5) is 0 Å².